The van der Waals surface area contributed by atoms with Gasteiger partial charge in [0.15, 0.2) is 11.6 Å². The number of hydrogen-bond acceptors (Lipinski definition) is 7. The fourth-order valence-electron chi connectivity index (χ4n) is 3.23. The Labute approximate surface area is 160 Å². The minimum Gasteiger partial charge on any atom is -0.452 e. The number of piperazine rings is 1. The van der Waals surface area contributed by atoms with E-state index in [9.17, 15) is 0 Å². The summed E-state index contributed by atoms with van der Waals surface area (Å²) in [7, 11) is 0. The number of aliphatic hydroxyl groups is 1. The number of benzene rings is 1. The molecular weight excluding hydrogens is 342 g/mol. The van der Waals surface area contributed by atoms with Crippen LogP contribution in [0.5, 0.6) is 11.5 Å². The molecule has 0 bridgehead atoms. The molecule has 0 aliphatic carbocycles. The van der Waals surface area contributed by atoms with Gasteiger partial charge in [-0.1, -0.05) is 25.5 Å². The summed E-state index contributed by atoms with van der Waals surface area (Å²) in [6, 6.07) is 8.20. The third kappa shape index (κ3) is 5.30. The topological polar surface area (TPSA) is 87.7 Å². The largest absolute Gasteiger partial charge is 0.452 e. The van der Waals surface area contributed by atoms with E-state index in [1.54, 1.807) is 6.20 Å². The van der Waals surface area contributed by atoms with Gasteiger partial charge in [-0.05, 0) is 30.5 Å². The Kier molecular flexibility index (Phi) is 6.84. The lowest BCUT2D eigenvalue weighted by molar-refractivity contribution is 0.188. The van der Waals surface area contributed by atoms with Crippen LogP contribution in [0.15, 0.2) is 30.5 Å². The van der Waals surface area contributed by atoms with Gasteiger partial charge in [0, 0.05) is 32.7 Å². The molecule has 0 saturated carbocycles. The maximum Gasteiger partial charge on any atom is 0.222 e. The first-order valence-electron chi connectivity index (χ1n) is 9.67. The van der Waals surface area contributed by atoms with Crippen molar-refractivity contribution in [1.82, 2.24) is 14.9 Å². The number of ether oxygens (including phenoxy) is 1. The van der Waals surface area contributed by atoms with E-state index in [0.29, 0.717) is 12.3 Å². The summed E-state index contributed by atoms with van der Waals surface area (Å²) in [5.74, 6) is 2.34. The molecule has 0 unspecified atom stereocenters. The Hall–Kier alpha value is -2.38. The van der Waals surface area contributed by atoms with Crippen molar-refractivity contribution in [3.05, 3.63) is 36.0 Å². The number of hydrogen-bond donors (Lipinski definition) is 2. The average molecular weight is 371 g/mol. The molecule has 0 amide bonds. The molecule has 0 spiro atoms. The quantitative estimate of drug-likeness (QED) is 0.736. The van der Waals surface area contributed by atoms with Crippen molar-refractivity contribution in [2.75, 3.05) is 50.0 Å². The number of aliphatic hydroxyl groups excluding tert-OH is 1. The molecular formula is C20H29N5O2. The number of rotatable bonds is 8. The molecule has 1 aliphatic rings. The first kappa shape index (κ1) is 19.4. The van der Waals surface area contributed by atoms with Crippen molar-refractivity contribution >= 4 is 11.8 Å². The highest BCUT2D eigenvalue weighted by Crippen LogP contribution is 2.31. The fraction of sp³-hybridized carbons (Fsp3) is 0.500. The monoisotopic (exact) mass is 371 g/mol. The molecule has 1 aromatic carbocycles. The van der Waals surface area contributed by atoms with Crippen LogP contribution < -0.4 is 15.4 Å². The predicted molar refractivity (Wildman–Crippen MR) is 107 cm³/mol. The van der Waals surface area contributed by atoms with Crippen LogP contribution >= 0.6 is 0 Å². The van der Waals surface area contributed by atoms with Gasteiger partial charge >= 0.3 is 0 Å². The van der Waals surface area contributed by atoms with Crippen molar-refractivity contribution in [3.8, 4) is 11.5 Å². The number of nitrogens with two attached hydrogens (primary N) is 1. The minimum absolute atomic E-state index is 0.184. The zero-order valence-corrected chi connectivity index (χ0v) is 16.0. The normalized spacial score (nSPS) is 15.1. The minimum atomic E-state index is 0.184. The van der Waals surface area contributed by atoms with Gasteiger partial charge < -0.3 is 20.5 Å². The molecule has 3 rings (SSSR count). The first-order chi connectivity index (χ1) is 13.2. The Bertz CT molecular complexity index is 715. The van der Waals surface area contributed by atoms with Crippen LogP contribution in [0.2, 0.25) is 0 Å². The van der Waals surface area contributed by atoms with Gasteiger partial charge in [0.25, 0.3) is 0 Å². The van der Waals surface area contributed by atoms with Crippen LogP contribution in [0.1, 0.15) is 25.3 Å². The second-order valence-electron chi connectivity index (χ2n) is 6.82. The third-order valence-corrected chi connectivity index (χ3v) is 4.81. The van der Waals surface area contributed by atoms with Crippen molar-refractivity contribution in [2.24, 2.45) is 0 Å². The number of nitrogens with zero attached hydrogens (tertiary/aromatic N) is 4. The highest BCUT2D eigenvalue weighted by Gasteiger charge is 2.21. The second kappa shape index (κ2) is 9.53. The summed E-state index contributed by atoms with van der Waals surface area (Å²) in [5, 5.41) is 9.10. The maximum absolute atomic E-state index is 9.10. The summed E-state index contributed by atoms with van der Waals surface area (Å²) in [5.41, 5.74) is 7.14. The smallest absolute Gasteiger partial charge is 0.222 e. The van der Waals surface area contributed by atoms with Crippen LogP contribution in [-0.2, 0) is 6.42 Å². The Balaban J connectivity index is 1.71. The van der Waals surface area contributed by atoms with Crippen LogP contribution in [0.3, 0.4) is 0 Å². The lowest BCUT2D eigenvalue weighted by Crippen LogP contribution is -2.47. The third-order valence-electron chi connectivity index (χ3n) is 4.81. The molecule has 1 fully saturated rings. The Morgan fingerprint density at radius 1 is 1.15 bits per heavy atom. The van der Waals surface area contributed by atoms with Crippen LogP contribution in [0.25, 0.3) is 0 Å². The summed E-state index contributed by atoms with van der Waals surface area (Å²) in [6.45, 7) is 6.44. The van der Waals surface area contributed by atoms with Crippen LogP contribution in [-0.4, -0.2) is 59.3 Å². The molecule has 27 heavy (non-hydrogen) atoms. The SMILES string of the molecule is CCCCc1ccc(Oc2cnc(N)nc2N2CCN(CCO)CC2)cc1. The lowest BCUT2D eigenvalue weighted by Gasteiger charge is -2.35. The van der Waals surface area contributed by atoms with E-state index in [1.165, 1.54) is 18.4 Å². The molecule has 2 heterocycles. The second-order valence-corrected chi connectivity index (χ2v) is 6.82. The molecule has 7 nitrogen and oxygen atoms in total. The van der Waals surface area contributed by atoms with Gasteiger partial charge in [0.1, 0.15) is 5.75 Å². The van der Waals surface area contributed by atoms with Crippen LogP contribution in [0, 0.1) is 0 Å². The summed E-state index contributed by atoms with van der Waals surface area (Å²) < 4.78 is 6.08. The van der Waals surface area contributed by atoms with E-state index in [1.807, 2.05) is 12.1 Å². The Morgan fingerprint density at radius 3 is 2.56 bits per heavy atom. The fourth-order valence-corrected chi connectivity index (χ4v) is 3.23. The van der Waals surface area contributed by atoms with E-state index in [2.05, 4.69) is 38.8 Å². The van der Waals surface area contributed by atoms with E-state index < -0.39 is 0 Å². The van der Waals surface area contributed by atoms with Gasteiger partial charge in [-0.3, -0.25) is 4.90 Å². The summed E-state index contributed by atoms with van der Waals surface area (Å²) >= 11 is 0. The number of nitrogen functional groups attached to an aromatic ring is 1. The zero-order chi connectivity index (χ0) is 19.1. The van der Waals surface area contributed by atoms with E-state index in [-0.39, 0.29) is 12.6 Å². The van der Waals surface area contributed by atoms with E-state index in [4.69, 9.17) is 15.6 Å². The van der Waals surface area contributed by atoms with Crippen molar-refractivity contribution < 1.29 is 9.84 Å². The molecule has 1 aromatic heterocycles. The Morgan fingerprint density at radius 2 is 1.89 bits per heavy atom. The molecule has 0 radical (unpaired) electrons. The van der Waals surface area contributed by atoms with Gasteiger partial charge in [-0.2, -0.15) is 4.98 Å². The first-order valence-corrected chi connectivity index (χ1v) is 9.67. The molecule has 2 aromatic rings. The van der Waals surface area contributed by atoms with Gasteiger partial charge in [-0.15, -0.1) is 0 Å². The maximum atomic E-state index is 9.10. The number of aromatic nitrogens is 2. The average Bonchev–Trinajstić information content (AvgIpc) is 2.70. The van der Waals surface area contributed by atoms with E-state index >= 15 is 0 Å². The number of β-amino-alcohol motifs (C(OH)–C–C–N with tert-alkyl or cyclic N) is 1. The molecule has 3 N–H and O–H groups in total. The molecule has 1 aliphatic heterocycles. The van der Waals surface area contributed by atoms with Crippen molar-refractivity contribution in [2.45, 2.75) is 26.2 Å². The molecule has 0 atom stereocenters. The lowest BCUT2D eigenvalue weighted by atomic mass is 10.1. The summed E-state index contributed by atoms with van der Waals surface area (Å²) in [4.78, 5) is 12.9. The standard InChI is InChI=1S/C20H29N5O2/c1-2-3-4-16-5-7-17(8-6-16)27-18-15-22-20(21)23-19(18)25-11-9-24(10-12-25)13-14-26/h5-8,15,26H,2-4,9-14H2,1H3,(H2,21,22,23). The number of aryl methyl sites for hydroxylation is 1. The van der Waals surface area contributed by atoms with Crippen molar-refractivity contribution in [1.29, 1.82) is 0 Å². The van der Waals surface area contributed by atoms with Gasteiger partial charge in [0.2, 0.25) is 5.95 Å². The molecule has 7 heteroatoms. The highest BCUT2D eigenvalue weighted by atomic mass is 16.5. The van der Waals surface area contributed by atoms with Crippen molar-refractivity contribution in [3.63, 3.8) is 0 Å². The van der Waals surface area contributed by atoms with Gasteiger partial charge in [0.05, 0.1) is 12.8 Å². The predicted octanol–water partition coefficient (Wildman–Crippen LogP) is 2.31. The number of anilines is 2. The van der Waals surface area contributed by atoms with E-state index in [0.717, 1.165) is 44.2 Å². The van der Waals surface area contributed by atoms with Crippen LogP contribution in [0.4, 0.5) is 11.8 Å². The zero-order valence-electron chi connectivity index (χ0n) is 16.0. The summed E-state index contributed by atoms with van der Waals surface area (Å²) in [6.07, 6.45) is 5.11. The molecule has 146 valence electrons. The van der Waals surface area contributed by atoms with Gasteiger partial charge in [-0.25, -0.2) is 4.98 Å². The number of unbranched alkanes of at least 4 members (excludes halogenated alkanes) is 1. The molecule has 1 saturated heterocycles. The highest BCUT2D eigenvalue weighted by molar-refractivity contribution is 5.55.